The number of benzene rings is 2. The molecule has 1 N–H and O–H groups in total. The highest BCUT2D eigenvalue weighted by Crippen LogP contribution is 2.37. The molecule has 0 spiro atoms. The Labute approximate surface area is 204 Å². The molecule has 1 aliphatic carbocycles. The van der Waals surface area contributed by atoms with Crippen LogP contribution in [0.3, 0.4) is 0 Å². The van der Waals surface area contributed by atoms with Crippen molar-refractivity contribution in [1.82, 2.24) is 4.90 Å². The minimum absolute atomic E-state index is 0.130. The number of fused-ring (bicyclic) bond motifs is 1. The molecule has 1 saturated heterocycles. The molecule has 1 aliphatic heterocycles. The number of aromatic hydroxyl groups is 1. The Hall–Kier alpha value is -3.23. The molecule has 2 aromatic carbocycles. The second-order valence-corrected chi connectivity index (χ2v) is 8.98. The van der Waals surface area contributed by atoms with Gasteiger partial charge in [-0.2, -0.15) is 0 Å². The predicted molar refractivity (Wildman–Crippen MR) is 132 cm³/mol. The van der Waals surface area contributed by atoms with Gasteiger partial charge in [-0.15, -0.1) is 0 Å². The van der Waals surface area contributed by atoms with E-state index in [-0.39, 0.29) is 28.3 Å². The molecular weight excluding hydrogens is 450 g/mol. The van der Waals surface area contributed by atoms with Gasteiger partial charge in [-0.05, 0) is 43.9 Å². The normalized spacial score (nSPS) is 17.1. The van der Waals surface area contributed by atoms with Crippen LogP contribution in [0.1, 0.15) is 25.7 Å². The number of hydrogen-bond acceptors (Lipinski definition) is 8. The van der Waals surface area contributed by atoms with E-state index in [4.69, 9.17) is 23.4 Å². The summed E-state index contributed by atoms with van der Waals surface area (Å²) < 4.78 is 29.0. The van der Waals surface area contributed by atoms with Gasteiger partial charge in [-0.1, -0.05) is 0 Å². The second kappa shape index (κ2) is 10.6. The second-order valence-electron chi connectivity index (χ2n) is 8.98. The lowest BCUT2D eigenvalue weighted by atomic mass is 10.1. The number of hydrogen-bond donors (Lipinski definition) is 1. The maximum atomic E-state index is 12.9. The van der Waals surface area contributed by atoms with Gasteiger partial charge in [0.1, 0.15) is 34.8 Å². The summed E-state index contributed by atoms with van der Waals surface area (Å²) in [6.07, 6.45) is 4.52. The van der Waals surface area contributed by atoms with Gasteiger partial charge >= 0.3 is 0 Å². The first-order valence-electron chi connectivity index (χ1n) is 12.2. The number of rotatable bonds is 8. The standard InChI is InChI=1S/C27H31NO7/c1-31-23-7-6-18(14-25(23)34-19-4-2-3-5-19)24-17-22(30)27-21(29)15-20(16-26(27)35-24)33-13-10-28-8-11-32-12-9-28/h6-7,14-17,19,29H,2-5,8-13H2,1H3. The topological polar surface area (TPSA) is 90.6 Å². The molecular formula is C27H31NO7. The van der Waals surface area contributed by atoms with Gasteiger partial charge in [-0.3, -0.25) is 9.69 Å². The smallest absolute Gasteiger partial charge is 0.197 e. The summed E-state index contributed by atoms with van der Waals surface area (Å²) in [5, 5.41) is 10.6. The van der Waals surface area contributed by atoms with Crippen LogP contribution in [0.5, 0.6) is 23.0 Å². The molecule has 1 saturated carbocycles. The van der Waals surface area contributed by atoms with Crippen LogP contribution >= 0.6 is 0 Å². The highest BCUT2D eigenvalue weighted by atomic mass is 16.5. The Kier molecular flexibility index (Phi) is 7.11. The maximum absolute atomic E-state index is 12.9. The fraction of sp³-hybridized carbons (Fsp3) is 0.444. The fourth-order valence-electron chi connectivity index (χ4n) is 4.69. The van der Waals surface area contributed by atoms with E-state index >= 15 is 0 Å². The molecule has 2 aliphatic rings. The molecule has 1 aromatic heterocycles. The Balaban J connectivity index is 1.40. The van der Waals surface area contributed by atoms with Crippen molar-refractivity contribution in [3.63, 3.8) is 0 Å². The first-order valence-corrected chi connectivity index (χ1v) is 12.2. The van der Waals surface area contributed by atoms with Crippen molar-refractivity contribution in [2.75, 3.05) is 46.6 Å². The third-order valence-electron chi connectivity index (χ3n) is 6.61. The Morgan fingerprint density at radius 3 is 2.63 bits per heavy atom. The van der Waals surface area contributed by atoms with Gasteiger partial charge in [-0.25, -0.2) is 0 Å². The number of methoxy groups -OCH3 is 1. The summed E-state index contributed by atoms with van der Waals surface area (Å²) in [5.41, 5.74) is 0.631. The predicted octanol–water partition coefficient (Wildman–Crippen LogP) is 4.21. The molecule has 186 valence electrons. The van der Waals surface area contributed by atoms with E-state index in [2.05, 4.69) is 4.90 Å². The lowest BCUT2D eigenvalue weighted by Gasteiger charge is -2.26. The van der Waals surface area contributed by atoms with Crippen LogP contribution in [-0.2, 0) is 4.74 Å². The van der Waals surface area contributed by atoms with Crippen LogP contribution in [0.2, 0.25) is 0 Å². The van der Waals surface area contributed by atoms with E-state index in [1.165, 1.54) is 12.1 Å². The Bertz CT molecular complexity index is 1230. The highest BCUT2D eigenvalue weighted by Gasteiger charge is 2.20. The third-order valence-corrected chi connectivity index (χ3v) is 6.61. The Morgan fingerprint density at radius 2 is 1.86 bits per heavy atom. The first-order chi connectivity index (χ1) is 17.1. The van der Waals surface area contributed by atoms with Gasteiger partial charge in [0.05, 0.1) is 26.4 Å². The number of phenols is 1. The number of nitrogens with zero attached hydrogens (tertiary/aromatic N) is 1. The van der Waals surface area contributed by atoms with Crippen molar-refractivity contribution < 1.29 is 28.5 Å². The lowest BCUT2D eigenvalue weighted by molar-refractivity contribution is 0.0322. The van der Waals surface area contributed by atoms with E-state index < -0.39 is 0 Å². The SMILES string of the molecule is COc1ccc(-c2cc(=O)c3c(O)cc(OCCN4CCOCC4)cc3o2)cc1OC1CCCC1. The van der Waals surface area contributed by atoms with Crippen LogP contribution in [0.15, 0.2) is 45.6 Å². The zero-order chi connectivity index (χ0) is 24.2. The molecule has 0 atom stereocenters. The maximum Gasteiger partial charge on any atom is 0.197 e. The average molecular weight is 482 g/mol. The van der Waals surface area contributed by atoms with Gasteiger partial charge in [0.25, 0.3) is 0 Å². The van der Waals surface area contributed by atoms with Crippen LogP contribution in [-0.4, -0.2) is 62.7 Å². The molecule has 8 nitrogen and oxygen atoms in total. The molecule has 0 bridgehead atoms. The quantitative estimate of drug-likeness (QED) is 0.512. The minimum Gasteiger partial charge on any atom is -0.507 e. The van der Waals surface area contributed by atoms with Crippen molar-refractivity contribution in [3.05, 3.63) is 46.6 Å². The van der Waals surface area contributed by atoms with Crippen molar-refractivity contribution in [2.24, 2.45) is 0 Å². The van der Waals surface area contributed by atoms with E-state index in [1.54, 1.807) is 13.2 Å². The number of morpholine rings is 1. The summed E-state index contributed by atoms with van der Waals surface area (Å²) in [6.45, 7) is 4.40. The van der Waals surface area contributed by atoms with E-state index in [9.17, 15) is 9.90 Å². The van der Waals surface area contributed by atoms with Crippen LogP contribution in [0, 0.1) is 0 Å². The molecule has 5 rings (SSSR count). The molecule has 35 heavy (non-hydrogen) atoms. The molecule has 0 amide bonds. The van der Waals surface area contributed by atoms with Gasteiger partial charge in [0, 0.05) is 43.4 Å². The van der Waals surface area contributed by atoms with Crippen molar-refractivity contribution in [2.45, 2.75) is 31.8 Å². The zero-order valence-corrected chi connectivity index (χ0v) is 20.0. The van der Waals surface area contributed by atoms with Crippen LogP contribution < -0.4 is 19.6 Å². The molecule has 2 heterocycles. The minimum atomic E-state index is -0.326. The van der Waals surface area contributed by atoms with Crippen molar-refractivity contribution in [3.8, 4) is 34.3 Å². The van der Waals surface area contributed by atoms with Crippen LogP contribution in [0.4, 0.5) is 0 Å². The van der Waals surface area contributed by atoms with Crippen molar-refractivity contribution >= 4 is 11.0 Å². The van der Waals surface area contributed by atoms with E-state index in [0.29, 0.717) is 35.2 Å². The van der Waals surface area contributed by atoms with Gasteiger partial charge in [0.2, 0.25) is 0 Å². The molecule has 3 aromatic rings. The summed E-state index contributed by atoms with van der Waals surface area (Å²) in [7, 11) is 1.61. The summed E-state index contributed by atoms with van der Waals surface area (Å²) in [6, 6.07) is 9.98. The molecule has 8 heteroatoms. The fourth-order valence-corrected chi connectivity index (χ4v) is 4.69. The van der Waals surface area contributed by atoms with E-state index in [0.717, 1.165) is 58.5 Å². The largest absolute Gasteiger partial charge is 0.507 e. The molecule has 0 unspecified atom stereocenters. The Morgan fingerprint density at radius 1 is 1.06 bits per heavy atom. The third kappa shape index (κ3) is 5.39. The van der Waals surface area contributed by atoms with E-state index in [1.807, 2.05) is 18.2 Å². The number of ether oxygens (including phenoxy) is 4. The molecule has 2 fully saturated rings. The number of phenolic OH excluding ortho intramolecular Hbond substituents is 1. The summed E-state index contributed by atoms with van der Waals surface area (Å²) in [4.78, 5) is 15.1. The summed E-state index contributed by atoms with van der Waals surface area (Å²) in [5.74, 6) is 1.93. The summed E-state index contributed by atoms with van der Waals surface area (Å²) >= 11 is 0. The van der Waals surface area contributed by atoms with Gasteiger partial charge in [0.15, 0.2) is 16.9 Å². The average Bonchev–Trinajstić information content (AvgIpc) is 3.37. The van der Waals surface area contributed by atoms with Crippen molar-refractivity contribution in [1.29, 1.82) is 0 Å². The first kappa shape index (κ1) is 23.5. The lowest BCUT2D eigenvalue weighted by Crippen LogP contribution is -2.38. The zero-order valence-electron chi connectivity index (χ0n) is 20.0. The van der Waals surface area contributed by atoms with Crippen LogP contribution in [0.25, 0.3) is 22.3 Å². The highest BCUT2D eigenvalue weighted by molar-refractivity contribution is 5.86. The molecule has 0 radical (unpaired) electrons. The monoisotopic (exact) mass is 481 g/mol. The van der Waals surface area contributed by atoms with Gasteiger partial charge < -0.3 is 28.5 Å².